The maximum absolute atomic E-state index is 6.31. The number of para-hydroxylation sites is 2. The van der Waals surface area contributed by atoms with E-state index in [1.165, 1.54) is 82.4 Å². The van der Waals surface area contributed by atoms with Crippen LogP contribution < -0.4 is 0 Å². The molecule has 1 aliphatic rings. The first-order chi connectivity index (χ1) is 22.1. The van der Waals surface area contributed by atoms with Gasteiger partial charge in [-0.05, 0) is 92.7 Å². The van der Waals surface area contributed by atoms with E-state index in [1.807, 2.05) is 6.07 Å². The monoisotopic (exact) mass is 575 g/mol. The summed E-state index contributed by atoms with van der Waals surface area (Å²) in [6.45, 7) is 4.73. The summed E-state index contributed by atoms with van der Waals surface area (Å²) >= 11 is 0. The van der Waals surface area contributed by atoms with Gasteiger partial charge in [0, 0.05) is 32.6 Å². The number of hydrogen-bond acceptors (Lipinski definition) is 1. The van der Waals surface area contributed by atoms with Crippen molar-refractivity contribution in [3.8, 4) is 27.9 Å². The molecular formula is C43H29NO. The lowest BCUT2D eigenvalue weighted by atomic mass is 9.80. The lowest BCUT2D eigenvalue weighted by Gasteiger charge is -2.23. The molecule has 0 radical (unpaired) electrons. The molecule has 0 fully saturated rings. The first kappa shape index (κ1) is 24.8. The summed E-state index contributed by atoms with van der Waals surface area (Å²) in [4.78, 5) is 0. The van der Waals surface area contributed by atoms with E-state index in [0.29, 0.717) is 0 Å². The molecule has 0 aliphatic heterocycles. The van der Waals surface area contributed by atoms with Gasteiger partial charge in [0.05, 0.1) is 11.0 Å². The van der Waals surface area contributed by atoms with E-state index in [4.69, 9.17) is 4.42 Å². The summed E-state index contributed by atoms with van der Waals surface area (Å²) in [6.07, 6.45) is 0. The highest BCUT2D eigenvalue weighted by Crippen LogP contribution is 2.53. The highest BCUT2D eigenvalue weighted by molar-refractivity contribution is 6.12. The second-order valence-corrected chi connectivity index (χ2v) is 13.0. The van der Waals surface area contributed by atoms with Crippen molar-refractivity contribution in [2.24, 2.45) is 0 Å². The van der Waals surface area contributed by atoms with E-state index in [2.05, 4.69) is 152 Å². The van der Waals surface area contributed by atoms with Gasteiger partial charge in [0.1, 0.15) is 11.2 Å². The third kappa shape index (κ3) is 3.34. The van der Waals surface area contributed by atoms with Crippen molar-refractivity contribution in [1.82, 2.24) is 4.57 Å². The van der Waals surface area contributed by atoms with Crippen LogP contribution in [0.3, 0.4) is 0 Å². The SMILES string of the molecule is CC1(C)c2cc(-n3c4ccccc4c4cc(-c5ccc6ccccc6c5)ccc43)ccc2-c2ccc3oc4ccccc4c3c21. The molecule has 212 valence electrons. The third-order valence-electron chi connectivity index (χ3n) is 10.1. The molecule has 0 bridgehead atoms. The van der Waals surface area contributed by atoms with Gasteiger partial charge in [-0.25, -0.2) is 0 Å². The van der Waals surface area contributed by atoms with Gasteiger partial charge < -0.3 is 8.98 Å². The fourth-order valence-corrected chi connectivity index (χ4v) is 8.05. The number of benzene rings is 7. The molecule has 2 heteroatoms. The Bertz CT molecular complexity index is 2680. The van der Waals surface area contributed by atoms with Crippen LogP contribution in [-0.4, -0.2) is 4.57 Å². The molecule has 0 spiro atoms. The van der Waals surface area contributed by atoms with Crippen molar-refractivity contribution in [1.29, 1.82) is 0 Å². The van der Waals surface area contributed by atoms with Crippen molar-refractivity contribution in [3.05, 3.63) is 151 Å². The van der Waals surface area contributed by atoms with Crippen LogP contribution in [0.2, 0.25) is 0 Å². The molecule has 0 saturated heterocycles. The predicted octanol–water partition coefficient (Wildman–Crippen LogP) is 11.8. The second kappa shape index (κ2) is 8.74. The zero-order chi connectivity index (χ0) is 29.9. The van der Waals surface area contributed by atoms with Gasteiger partial charge in [-0.1, -0.05) is 105 Å². The first-order valence-corrected chi connectivity index (χ1v) is 15.7. The molecule has 10 rings (SSSR count). The minimum absolute atomic E-state index is 0.186. The van der Waals surface area contributed by atoms with Crippen molar-refractivity contribution < 1.29 is 4.42 Å². The van der Waals surface area contributed by atoms with Crippen LogP contribution >= 0.6 is 0 Å². The summed E-state index contributed by atoms with van der Waals surface area (Å²) in [5.74, 6) is 0. The molecule has 2 nitrogen and oxygen atoms in total. The fourth-order valence-electron chi connectivity index (χ4n) is 8.05. The molecule has 0 unspecified atom stereocenters. The van der Waals surface area contributed by atoms with Gasteiger partial charge in [0.25, 0.3) is 0 Å². The van der Waals surface area contributed by atoms with Crippen LogP contribution in [0.5, 0.6) is 0 Å². The summed E-state index contributed by atoms with van der Waals surface area (Å²) in [5.41, 5.74) is 13.2. The summed E-state index contributed by atoms with van der Waals surface area (Å²) < 4.78 is 8.75. The van der Waals surface area contributed by atoms with Gasteiger partial charge in [-0.2, -0.15) is 0 Å². The fraction of sp³-hybridized carbons (Fsp3) is 0.0698. The Labute approximate surface area is 260 Å². The van der Waals surface area contributed by atoms with Gasteiger partial charge in [0.15, 0.2) is 0 Å². The van der Waals surface area contributed by atoms with Gasteiger partial charge in [-0.3, -0.25) is 0 Å². The Kier molecular flexibility index (Phi) is 4.82. The molecule has 0 N–H and O–H groups in total. The van der Waals surface area contributed by atoms with E-state index in [0.717, 1.165) is 11.2 Å². The standard InChI is InChI=1S/C43H29NO/c1-43(2)36-25-30(18-19-31(36)33-20-22-40-41(42(33)43)34-12-6-8-14-39(34)45-40)44-37-13-7-5-11-32(37)35-24-29(17-21-38(35)44)28-16-15-26-9-3-4-10-27(26)23-28/h3-25H,1-2H3. The summed E-state index contributed by atoms with van der Waals surface area (Å²) in [5, 5.41) is 7.50. The maximum Gasteiger partial charge on any atom is 0.135 e. The van der Waals surface area contributed by atoms with Crippen molar-refractivity contribution >= 4 is 54.5 Å². The van der Waals surface area contributed by atoms with E-state index in [-0.39, 0.29) is 5.41 Å². The summed E-state index contributed by atoms with van der Waals surface area (Å²) in [6, 6.07) is 51.0. The minimum Gasteiger partial charge on any atom is -0.456 e. The average molecular weight is 576 g/mol. The Balaban J connectivity index is 1.17. The molecule has 0 amide bonds. The Morgan fingerprint density at radius 2 is 1.22 bits per heavy atom. The maximum atomic E-state index is 6.31. The van der Waals surface area contributed by atoms with E-state index in [1.54, 1.807) is 0 Å². The smallest absolute Gasteiger partial charge is 0.135 e. The number of furan rings is 1. The molecule has 7 aromatic carbocycles. The normalized spacial score (nSPS) is 13.7. The van der Waals surface area contributed by atoms with Crippen LogP contribution in [0.4, 0.5) is 0 Å². The van der Waals surface area contributed by atoms with Gasteiger partial charge in [0.2, 0.25) is 0 Å². The molecule has 9 aromatic rings. The lowest BCUT2D eigenvalue weighted by Crippen LogP contribution is -2.15. The van der Waals surface area contributed by atoms with Crippen LogP contribution in [0.25, 0.3) is 82.5 Å². The molecular weight excluding hydrogens is 546 g/mol. The van der Waals surface area contributed by atoms with Gasteiger partial charge in [-0.15, -0.1) is 0 Å². The first-order valence-electron chi connectivity index (χ1n) is 15.7. The topological polar surface area (TPSA) is 18.1 Å². The Morgan fingerprint density at radius 1 is 0.511 bits per heavy atom. The number of aromatic nitrogens is 1. The average Bonchev–Trinajstić information content (AvgIpc) is 3.69. The third-order valence-corrected chi connectivity index (χ3v) is 10.1. The van der Waals surface area contributed by atoms with Gasteiger partial charge >= 0.3 is 0 Å². The molecule has 0 saturated carbocycles. The minimum atomic E-state index is -0.186. The van der Waals surface area contributed by atoms with E-state index < -0.39 is 0 Å². The zero-order valence-electron chi connectivity index (χ0n) is 25.1. The zero-order valence-corrected chi connectivity index (χ0v) is 25.1. The number of rotatable bonds is 2. The molecule has 0 atom stereocenters. The molecule has 45 heavy (non-hydrogen) atoms. The second-order valence-electron chi connectivity index (χ2n) is 13.0. The number of nitrogens with zero attached hydrogens (tertiary/aromatic N) is 1. The van der Waals surface area contributed by atoms with Crippen LogP contribution in [-0.2, 0) is 5.41 Å². The Morgan fingerprint density at radius 3 is 2.13 bits per heavy atom. The quantitative estimate of drug-likeness (QED) is 0.200. The largest absolute Gasteiger partial charge is 0.456 e. The van der Waals surface area contributed by atoms with E-state index in [9.17, 15) is 0 Å². The van der Waals surface area contributed by atoms with E-state index >= 15 is 0 Å². The van der Waals surface area contributed by atoms with Crippen LogP contribution in [0, 0.1) is 0 Å². The molecule has 1 aliphatic carbocycles. The molecule has 2 aromatic heterocycles. The summed E-state index contributed by atoms with van der Waals surface area (Å²) in [7, 11) is 0. The van der Waals surface area contributed by atoms with Crippen LogP contribution in [0.1, 0.15) is 25.0 Å². The van der Waals surface area contributed by atoms with Crippen molar-refractivity contribution in [2.75, 3.05) is 0 Å². The highest BCUT2D eigenvalue weighted by Gasteiger charge is 2.38. The number of fused-ring (bicyclic) bond motifs is 11. The highest BCUT2D eigenvalue weighted by atomic mass is 16.3. The lowest BCUT2D eigenvalue weighted by molar-refractivity contribution is 0.656. The Hall–Kier alpha value is -5.60. The predicted molar refractivity (Wildman–Crippen MR) is 189 cm³/mol. The van der Waals surface area contributed by atoms with Crippen molar-refractivity contribution in [3.63, 3.8) is 0 Å². The van der Waals surface area contributed by atoms with Crippen LogP contribution in [0.15, 0.2) is 144 Å². The molecule has 2 heterocycles. The van der Waals surface area contributed by atoms with Crippen molar-refractivity contribution in [2.45, 2.75) is 19.3 Å². The number of hydrogen-bond donors (Lipinski definition) is 0.